The fourth-order valence-electron chi connectivity index (χ4n) is 6.43. The van der Waals surface area contributed by atoms with Crippen LogP contribution in [0.15, 0.2) is 4.99 Å². The summed E-state index contributed by atoms with van der Waals surface area (Å²) in [5.74, 6) is -1.21. The van der Waals surface area contributed by atoms with Crippen LogP contribution < -0.4 is 27.8 Å². The van der Waals surface area contributed by atoms with E-state index >= 15 is 0 Å². The van der Waals surface area contributed by atoms with Crippen LogP contribution in [0.5, 0.6) is 0 Å². The van der Waals surface area contributed by atoms with E-state index in [-0.39, 0.29) is 54.2 Å². The lowest BCUT2D eigenvalue weighted by atomic mass is 9.68. The van der Waals surface area contributed by atoms with Crippen LogP contribution in [0.1, 0.15) is 59.3 Å². The van der Waals surface area contributed by atoms with Crippen LogP contribution >= 0.6 is 0 Å². The molecule has 13 heteroatoms. The Balaban J connectivity index is 1.54. The highest BCUT2D eigenvalue weighted by Gasteiger charge is 2.70. The number of aliphatic imine (C=N–C) groups is 1. The standard InChI is InChI=1S/C23H41BN6O6/c1-22(2)14-6-8-16(22)23(3)19(14)35-24(36-23)13(5-4-10-28-21(26)27)11-29-17(31)12-30-20(34)15(25)7-9-18(32)33/h13-16,19H,4-12,25H2,1-3H3,(H,29,31)(H,30,34)(H,32,33)(H4,26,27,28)/t13-,14?,15+,16?,19?,23+/m1/s1. The molecule has 3 rings (SSSR count). The van der Waals surface area contributed by atoms with Crippen molar-refractivity contribution in [1.82, 2.24) is 10.6 Å². The fourth-order valence-corrected chi connectivity index (χ4v) is 6.43. The van der Waals surface area contributed by atoms with E-state index in [9.17, 15) is 14.4 Å². The molecule has 2 saturated carbocycles. The average molecular weight is 508 g/mol. The van der Waals surface area contributed by atoms with Gasteiger partial charge >= 0.3 is 13.1 Å². The number of fused-ring (bicyclic) bond motifs is 5. The number of carbonyl (C=O) groups excluding carboxylic acids is 2. The lowest BCUT2D eigenvalue weighted by Gasteiger charge is -2.35. The number of hydrogen-bond acceptors (Lipinski definition) is 7. The summed E-state index contributed by atoms with van der Waals surface area (Å²) in [6.45, 7) is 7.26. The van der Waals surface area contributed by atoms with Crippen LogP contribution in [-0.4, -0.2) is 73.3 Å². The Morgan fingerprint density at radius 1 is 1.17 bits per heavy atom. The second-order valence-electron chi connectivity index (χ2n) is 11.1. The number of amides is 2. The summed E-state index contributed by atoms with van der Waals surface area (Å²) in [6, 6.07) is -0.989. The van der Waals surface area contributed by atoms with Crippen molar-refractivity contribution in [3.8, 4) is 0 Å². The van der Waals surface area contributed by atoms with Crippen molar-refractivity contribution in [2.75, 3.05) is 19.6 Å². The van der Waals surface area contributed by atoms with Crippen LogP contribution in [0.2, 0.25) is 5.82 Å². The molecule has 3 aliphatic rings. The number of aliphatic carboxylic acids is 1. The average Bonchev–Trinajstić information content (AvgIpc) is 3.36. The molecule has 0 aromatic rings. The maximum absolute atomic E-state index is 12.4. The van der Waals surface area contributed by atoms with E-state index in [1.54, 1.807) is 0 Å². The van der Waals surface area contributed by atoms with Crippen LogP contribution in [0, 0.1) is 17.3 Å². The first-order valence-electron chi connectivity index (χ1n) is 12.8. The Morgan fingerprint density at radius 2 is 1.89 bits per heavy atom. The van der Waals surface area contributed by atoms with Gasteiger partial charge in [0.25, 0.3) is 0 Å². The monoisotopic (exact) mass is 508 g/mol. The maximum atomic E-state index is 12.4. The second kappa shape index (κ2) is 11.3. The number of nitrogens with zero attached hydrogens (tertiary/aromatic N) is 1. The number of carbonyl (C=O) groups is 3. The predicted molar refractivity (Wildman–Crippen MR) is 135 cm³/mol. The molecule has 1 saturated heterocycles. The third-order valence-corrected chi connectivity index (χ3v) is 8.30. The quantitative estimate of drug-likeness (QED) is 0.0825. The number of rotatable bonds is 13. The second-order valence-corrected chi connectivity index (χ2v) is 11.1. The Hall–Kier alpha value is -2.38. The molecule has 1 heterocycles. The molecule has 9 N–H and O–H groups in total. The highest BCUT2D eigenvalue weighted by molar-refractivity contribution is 6.47. The van der Waals surface area contributed by atoms with E-state index < -0.39 is 25.0 Å². The molecular weight excluding hydrogens is 467 g/mol. The fraction of sp³-hybridized carbons (Fsp3) is 0.826. The minimum absolute atomic E-state index is 0.00422. The van der Waals surface area contributed by atoms with E-state index in [2.05, 4.69) is 36.4 Å². The molecule has 3 unspecified atom stereocenters. The number of carboxylic acids is 1. The first-order chi connectivity index (χ1) is 16.9. The summed E-state index contributed by atoms with van der Waals surface area (Å²) >= 11 is 0. The predicted octanol–water partition coefficient (Wildman–Crippen LogP) is -0.437. The van der Waals surface area contributed by atoms with Crippen molar-refractivity contribution in [1.29, 1.82) is 0 Å². The summed E-state index contributed by atoms with van der Waals surface area (Å²) in [5.41, 5.74) is 16.4. The zero-order valence-corrected chi connectivity index (χ0v) is 21.5. The van der Waals surface area contributed by atoms with E-state index in [0.29, 0.717) is 37.8 Å². The van der Waals surface area contributed by atoms with Gasteiger partial charge in [0.2, 0.25) is 11.8 Å². The molecule has 36 heavy (non-hydrogen) atoms. The normalized spacial score (nSPS) is 29.3. The Kier molecular flexibility index (Phi) is 8.89. The molecular formula is C23H41BN6O6. The number of guanidine groups is 1. The molecule has 0 aromatic heterocycles. The highest BCUT2D eigenvalue weighted by Crippen LogP contribution is 2.66. The first-order valence-corrected chi connectivity index (χ1v) is 12.8. The van der Waals surface area contributed by atoms with Crippen LogP contribution in [-0.2, 0) is 23.7 Å². The van der Waals surface area contributed by atoms with Gasteiger partial charge in [0.05, 0.1) is 24.3 Å². The lowest BCUT2D eigenvalue weighted by molar-refractivity contribution is -0.137. The minimum Gasteiger partial charge on any atom is -0.481 e. The van der Waals surface area contributed by atoms with Gasteiger partial charge in [-0.1, -0.05) is 13.8 Å². The van der Waals surface area contributed by atoms with Gasteiger partial charge in [0, 0.05) is 25.3 Å². The van der Waals surface area contributed by atoms with Crippen molar-refractivity contribution in [2.24, 2.45) is 39.4 Å². The zero-order valence-electron chi connectivity index (χ0n) is 21.5. The maximum Gasteiger partial charge on any atom is 0.462 e. The topological polar surface area (TPSA) is 204 Å². The molecule has 202 valence electrons. The molecule has 0 spiro atoms. The summed E-state index contributed by atoms with van der Waals surface area (Å²) in [7, 11) is -0.460. The number of carboxylic acid groups (broad SMARTS) is 1. The van der Waals surface area contributed by atoms with E-state index in [0.717, 1.165) is 12.8 Å². The molecule has 2 aliphatic carbocycles. The van der Waals surface area contributed by atoms with Crippen LogP contribution in [0.4, 0.5) is 0 Å². The molecule has 0 radical (unpaired) electrons. The molecule has 12 nitrogen and oxygen atoms in total. The largest absolute Gasteiger partial charge is 0.481 e. The number of nitrogens with one attached hydrogen (secondary N) is 2. The van der Waals surface area contributed by atoms with Crippen LogP contribution in [0.3, 0.4) is 0 Å². The van der Waals surface area contributed by atoms with Gasteiger partial charge in [-0.15, -0.1) is 0 Å². The molecule has 2 bridgehead atoms. The Labute approximate surface area is 212 Å². The van der Waals surface area contributed by atoms with Gasteiger partial charge in [0.15, 0.2) is 5.96 Å². The molecule has 0 aromatic carbocycles. The Bertz CT molecular complexity index is 868. The molecule has 3 fully saturated rings. The highest BCUT2D eigenvalue weighted by atomic mass is 16.7. The summed E-state index contributed by atoms with van der Waals surface area (Å²) in [4.78, 5) is 39.1. The van der Waals surface area contributed by atoms with Crippen molar-refractivity contribution < 1.29 is 28.8 Å². The van der Waals surface area contributed by atoms with Crippen molar-refractivity contribution in [3.05, 3.63) is 0 Å². The minimum atomic E-state index is -1.03. The SMILES string of the molecule is CC1(C)C2CCC1[C@]1(C)OB([C@H](CCCN=C(N)N)CNC(=O)CNC(=O)[C@@H](N)CCC(=O)O)OC21. The smallest absolute Gasteiger partial charge is 0.462 e. The summed E-state index contributed by atoms with van der Waals surface area (Å²) < 4.78 is 13.1. The molecule has 6 atom stereocenters. The number of nitrogens with two attached hydrogens (primary N) is 3. The van der Waals surface area contributed by atoms with Crippen LogP contribution in [0.25, 0.3) is 0 Å². The van der Waals surface area contributed by atoms with Crippen molar-refractivity contribution >= 4 is 30.9 Å². The molecule has 2 amide bonds. The Morgan fingerprint density at radius 3 is 2.53 bits per heavy atom. The van der Waals surface area contributed by atoms with Gasteiger partial charge in [-0.3, -0.25) is 19.4 Å². The van der Waals surface area contributed by atoms with Crippen molar-refractivity contribution in [3.63, 3.8) is 0 Å². The summed E-state index contributed by atoms with van der Waals surface area (Å²) in [5, 5.41) is 14.0. The van der Waals surface area contributed by atoms with Gasteiger partial charge in [-0.05, 0) is 56.3 Å². The van der Waals surface area contributed by atoms with Crippen molar-refractivity contribution in [2.45, 2.75) is 82.9 Å². The zero-order chi connectivity index (χ0) is 26.7. The lowest BCUT2D eigenvalue weighted by Crippen LogP contribution is -2.46. The third kappa shape index (κ3) is 6.12. The van der Waals surface area contributed by atoms with Gasteiger partial charge in [0.1, 0.15) is 0 Å². The molecule has 1 aliphatic heterocycles. The van der Waals surface area contributed by atoms with Gasteiger partial charge in [-0.2, -0.15) is 0 Å². The van der Waals surface area contributed by atoms with Gasteiger partial charge < -0.3 is 42.2 Å². The van der Waals surface area contributed by atoms with E-state index in [1.807, 2.05) is 0 Å². The first kappa shape index (κ1) is 28.2. The van der Waals surface area contributed by atoms with E-state index in [4.69, 9.17) is 31.6 Å². The summed E-state index contributed by atoms with van der Waals surface area (Å²) in [6.07, 6.45) is 3.43. The van der Waals surface area contributed by atoms with E-state index in [1.165, 1.54) is 0 Å². The number of hydrogen-bond donors (Lipinski definition) is 6. The van der Waals surface area contributed by atoms with Gasteiger partial charge in [-0.25, -0.2) is 0 Å². The third-order valence-electron chi connectivity index (χ3n) is 8.30.